The summed E-state index contributed by atoms with van der Waals surface area (Å²) in [6, 6.07) is 12.7. The van der Waals surface area contributed by atoms with Crippen LogP contribution in [0.15, 0.2) is 48.7 Å². The zero-order chi connectivity index (χ0) is 18.5. The smallest absolute Gasteiger partial charge is 0.321 e. The van der Waals surface area contributed by atoms with Crippen molar-refractivity contribution in [1.82, 2.24) is 10.3 Å². The zero-order valence-electron chi connectivity index (χ0n) is 14.5. The number of rotatable bonds is 8. The number of para-hydroxylation sites is 1. The molecule has 0 aliphatic carbocycles. The lowest BCUT2D eigenvalue weighted by Crippen LogP contribution is -2.38. The number of hydrogen-bond acceptors (Lipinski definition) is 3. The van der Waals surface area contributed by atoms with E-state index in [9.17, 15) is 9.90 Å². The average molecular weight is 373 g/mol. The average Bonchev–Trinajstić information content (AvgIpc) is 3.03. The maximum atomic E-state index is 11.7. The van der Waals surface area contributed by atoms with Crippen molar-refractivity contribution in [2.45, 2.75) is 25.9 Å². The van der Waals surface area contributed by atoms with Crippen LogP contribution in [-0.2, 0) is 17.8 Å². The number of benzene rings is 2. The van der Waals surface area contributed by atoms with Gasteiger partial charge in [0.15, 0.2) is 0 Å². The number of carboxylic acids is 1. The number of aromatic amines is 1. The topological polar surface area (TPSA) is 74.3 Å². The molecule has 0 aliphatic rings. The molecule has 0 saturated carbocycles. The van der Waals surface area contributed by atoms with Gasteiger partial charge in [-0.05, 0) is 36.2 Å². The Hall–Kier alpha value is -2.50. The van der Waals surface area contributed by atoms with Crippen LogP contribution in [-0.4, -0.2) is 28.7 Å². The lowest BCUT2D eigenvalue weighted by atomic mass is 10.0. The first-order valence-corrected chi connectivity index (χ1v) is 8.88. The molecule has 1 aromatic heterocycles. The third-order valence-electron chi connectivity index (χ3n) is 4.25. The van der Waals surface area contributed by atoms with Crippen LogP contribution in [0, 0.1) is 0 Å². The van der Waals surface area contributed by atoms with Gasteiger partial charge < -0.3 is 20.1 Å². The molecule has 3 N–H and O–H groups in total. The van der Waals surface area contributed by atoms with Crippen LogP contribution in [0.5, 0.6) is 5.75 Å². The van der Waals surface area contributed by atoms with Gasteiger partial charge in [0.2, 0.25) is 0 Å². The van der Waals surface area contributed by atoms with E-state index in [0.717, 1.165) is 22.0 Å². The Balaban J connectivity index is 1.69. The summed E-state index contributed by atoms with van der Waals surface area (Å²) in [7, 11) is 0. The monoisotopic (exact) mass is 372 g/mol. The van der Waals surface area contributed by atoms with Gasteiger partial charge in [-0.3, -0.25) is 4.79 Å². The summed E-state index contributed by atoms with van der Waals surface area (Å²) in [5, 5.41) is 14.2. The van der Waals surface area contributed by atoms with Crippen LogP contribution < -0.4 is 10.1 Å². The maximum Gasteiger partial charge on any atom is 0.321 e. The Morgan fingerprint density at radius 2 is 2.12 bits per heavy atom. The molecule has 0 spiro atoms. The largest absolute Gasteiger partial charge is 0.492 e. The van der Waals surface area contributed by atoms with Crippen LogP contribution >= 0.6 is 11.6 Å². The number of aromatic nitrogens is 1. The summed E-state index contributed by atoms with van der Waals surface area (Å²) in [4.78, 5) is 14.9. The van der Waals surface area contributed by atoms with E-state index in [1.54, 1.807) is 12.1 Å². The van der Waals surface area contributed by atoms with Crippen LogP contribution in [0.1, 0.15) is 18.1 Å². The van der Waals surface area contributed by atoms with Gasteiger partial charge in [-0.2, -0.15) is 0 Å². The number of nitrogens with one attached hydrogen (secondary N) is 2. The second-order valence-electron chi connectivity index (χ2n) is 6.03. The molecule has 0 radical (unpaired) electrons. The minimum absolute atomic E-state index is 0.393. The van der Waals surface area contributed by atoms with E-state index in [1.807, 2.05) is 43.5 Å². The van der Waals surface area contributed by atoms with E-state index >= 15 is 0 Å². The predicted molar refractivity (Wildman–Crippen MR) is 103 cm³/mol. The van der Waals surface area contributed by atoms with Gasteiger partial charge in [-0.15, -0.1) is 0 Å². The number of carbonyl (C=O) groups is 1. The van der Waals surface area contributed by atoms with Crippen molar-refractivity contribution in [1.29, 1.82) is 0 Å². The molecule has 1 atom stereocenters. The molecule has 5 nitrogen and oxygen atoms in total. The Morgan fingerprint density at radius 1 is 1.31 bits per heavy atom. The van der Waals surface area contributed by atoms with Crippen molar-refractivity contribution in [2.75, 3.05) is 6.61 Å². The normalized spacial score (nSPS) is 12.2. The first-order valence-electron chi connectivity index (χ1n) is 8.51. The SMILES string of the molecule is CCOc1ccc(CN[C@H](Cc2c[nH]c3ccccc23)C(=O)O)cc1Cl. The molecule has 0 unspecified atom stereocenters. The van der Waals surface area contributed by atoms with E-state index in [4.69, 9.17) is 16.3 Å². The highest BCUT2D eigenvalue weighted by molar-refractivity contribution is 6.32. The van der Waals surface area contributed by atoms with Crippen molar-refractivity contribution < 1.29 is 14.6 Å². The lowest BCUT2D eigenvalue weighted by Gasteiger charge is -2.15. The Morgan fingerprint density at radius 3 is 2.85 bits per heavy atom. The standard InChI is InChI=1S/C20H21ClN2O3/c1-2-26-19-8-7-13(9-16(19)21)11-22-18(20(24)25)10-14-12-23-17-6-4-3-5-15(14)17/h3-9,12,18,22-23H,2,10-11H2,1H3,(H,24,25)/t18-/m1/s1. The second kappa shape index (κ2) is 8.25. The summed E-state index contributed by atoms with van der Waals surface area (Å²) in [6.07, 6.45) is 2.26. The lowest BCUT2D eigenvalue weighted by molar-refractivity contribution is -0.139. The summed E-state index contributed by atoms with van der Waals surface area (Å²) < 4.78 is 5.42. The first-order chi connectivity index (χ1) is 12.6. The zero-order valence-corrected chi connectivity index (χ0v) is 15.2. The molecule has 0 fully saturated rings. The number of ether oxygens (including phenoxy) is 1. The van der Waals surface area contributed by atoms with Gasteiger partial charge in [-0.1, -0.05) is 35.9 Å². The molecule has 6 heteroatoms. The first kappa shape index (κ1) is 18.3. The number of H-pyrrole nitrogens is 1. The quantitative estimate of drug-likeness (QED) is 0.558. The molecule has 0 amide bonds. The van der Waals surface area contributed by atoms with E-state index < -0.39 is 12.0 Å². The molecule has 0 aliphatic heterocycles. The Kier molecular flexibility index (Phi) is 5.81. The molecule has 0 saturated heterocycles. The highest BCUT2D eigenvalue weighted by atomic mass is 35.5. The summed E-state index contributed by atoms with van der Waals surface area (Å²) in [5.74, 6) is -0.251. The highest BCUT2D eigenvalue weighted by Gasteiger charge is 2.19. The fourth-order valence-electron chi connectivity index (χ4n) is 2.94. The van der Waals surface area contributed by atoms with Gasteiger partial charge in [0.05, 0.1) is 11.6 Å². The van der Waals surface area contributed by atoms with E-state index in [0.29, 0.717) is 30.3 Å². The van der Waals surface area contributed by atoms with Crippen molar-refractivity contribution in [3.05, 3.63) is 64.8 Å². The highest BCUT2D eigenvalue weighted by Crippen LogP contribution is 2.25. The van der Waals surface area contributed by atoms with Gasteiger partial charge in [-0.25, -0.2) is 0 Å². The minimum Gasteiger partial charge on any atom is -0.492 e. The fourth-order valence-corrected chi connectivity index (χ4v) is 3.19. The second-order valence-corrected chi connectivity index (χ2v) is 6.44. The van der Waals surface area contributed by atoms with Crippen molar-refractivity contribution >= 4 is 28.5 Å². The Labute approximate surface area is 156 Å². The van der Waals surface area contributed by atoms with Gasteiger partial charge in [0.1, 0.15) is 11.8 Å². The van der Waals surface area contributed by atoms with Crippen LogP contribution in [0.2, 0.25) is 5.02 Å². The van der Waals surface area contributed by atoms with Crippen molar-refractivity contribution in [2.24, 2.45) is 0 Å². The number of carboxylic acid groups (broad SMARTS) is 1. The molecule has 1 heterocycles. The molecule has 0 bridgehead atoms. The number of fused-ring (bicyclic) bond motifs is 1. The van der Waals surface area contributed by atoms with E-state index in [1.165, 1.54) is 0 Å². The van der Waals surface area contributed by atoms with Gasteiger partial charge >= 0.3 is 5.97 Å². The van der Waals surface area contributed by atoms with Crippen LogP contribution in [0.25, 0.3) is 10.9 Å². The molecule has 3 aromatic rings. The van der Waals surface area contributed by atoms with E-state index in [2.05, 4.69) is 10.3 Å². The number of halogens is 1. The van der Waals surface area contributed by atoms with Crippen molar-refractivity contribution in [3.8, 4) is 5.75 Å². The summed E-state index contributed by atoms with van der Waals surface area (Å²) >= 11 is 6.19. The molecular weight excluding hydrogens is 352 g/mol. The number of hydrogen-bond donors (Lipinski definition) is 3. The van der Waals surface area contributed by atoms with Gasteiger partial charge in [0.25, 0.3) is 0 Å². The number of aliphatic carboxylic acids is 1. The minimum atomic E-state index is -0.882. The van der Waals surface area contributed by atoms with Gasteiger partial charge in [0, 0.05) is 30.1 Å². The van der Waals surface area contributed by atoms with Crippen LogP contribution in [0.4, 0.5) is 0 Å². The summed E-state index contributed by atoms with van der Waals surface area (Å²) in [6.45, 7) is 2.85. The molecule has 136 valence electrons. The molecular formula is C20H21ClN2O3. The van der Waals surface area contributed by atoms with Crippen molar-refractivity contribution in [3.63, 3.8) is 0 Å². The maximum absolute atomic E-state index is 11.7. The Bertz CT molecular complexity index is 907. The molecule has 26 heavy (non-hydrogen) atoms. The molecule has 3 rings (SSSR count). The third kappa shape index (κ3) is 4.18. The fraction of sp³-hybridized carbons (Fsp3) is 0.250. The molecule has 2 aromatic carbocycles. The predicted octanol–water partition coefficient (Wildman–Crippen LogP) is 4.01. The van der Waals surface area contributed by atoms with Crippen LogP contribution in [0.3, 0.4) is 0 Å². The third-order valence-corrected chi connectivity index (χ3v) is 4.54. The summed E-state index contributed by atoms with van der Waals surface area (Å²) in [5.41, 5.74) is 2.89. The van der Waals surface area contributed by atoms with E-state index in [-0.39, 0.29) is 0 Å².